The summed E-state index contributed by atoms with van der Waals surface area (Å²) in [5.41, 5.74) is 3.32. The lowest BCUT2D eigenvalue weighted by atomic mass is 10.0. The monoisotopic (exact) mass is 264 g/mol. The first-order chi connectivity index (χ1) is 9.78. The van der Waals surface area contributed by atoms with Crippen LogP contribution >= 0.6 is 0 Å². The maximum absolute atomic E-state index is 5.88. The molecule has 20 heavy (non-hydrogen) atoms. The highest BCUT2D eigenvalue weighted by Gasteiger charge is 2.12. The van der Waals surface area contributed by atoms with Gasteiger partial charge in [-0.15, -0.1) is 0 Å². The van der Waals surface area contributed by atoms with Crippen molar-refractivity contribution in [3.8, 4) is 28.2 Å². The van der Waals surface area contributed by atoms with Crippen molar-refractivity contribution in [2.45, 2.75) is 6.92 Å². The van der Waals surface area contributed by atoms with Crippen molar-refractivity contribution in [3.05, 3.63) is 66.4 Å². The van der Waals surface area contributed by atoms with Gasteiger partial charge in [-0.05, 0) is 30.7 Å². The van der Waals surface area contributed by atoms with Crippen molar-refractivity contribution in [2.24, 2.45) is 0 Å². The van der Waals surface area contributed by atoms with Crippen LogP contribution in [0.3, 0.4) is 0 Å². The van der Waals surface area contributed by atoms with Crippen molar-refractivity contribution >= 4 is 0 Å². The fourth-order valence-electron chi connectivity index (χ4n) is 2.30. The molecular formula is C18H16O2. The quantitative estimate of drug-likeness (QED) is 0.669. The molecule has 2 heteroatoms. The predicted octanol–water partition coefficient (Wildman–Crippen LogP) is 4.93. The van der Waals surface area contributed by atoms with E-state index in [0.717, 1.165) is 34.0 Å². The number of aryl methyl sites for hydroxylation is 1. The molecule has 0 fully saturated rings. The highest BCUT2D eigenvalue weighted by Crippen LogP contribution is 2.35. The SMILES string of the molecule is COc1ccc(-c2cc(C)oc2-c2ccccc2)cc1. The summed E-state index contributed by atoms with van der Waals surface area (Å²) in [7, 11) is 1.67. The van der Waals surface area contributed by atoms with E-state index < -0.39 is 0 Å². The minimum Gasteiger partial charge on any atom is -0.497 e. The Labute approximate surface area is 118 Å². The summed E-state index contributed by atoms with van der Waals surface area (Å²) in [4.78, 5) is 0. The third-order valence-electron chi connectivity index (χ3n) is 3.29. The molecule has 3 aromatic rings. The smallest absolute Gasteiger partial charge is 0.142 e. The first kappa shape index (κ1) is 12.5. The largest absolute Gasteiger partial charge is 0.497 e. The van der Waals surface area contributed by atoms with E-state index >= 15 is 0 Å². The van der Waals surface area contributed by atoms with Gasteiger partial charge in [0.2, 0.25) is 0 Å². The van der Waals surface area contributed by atoms with E-state index in [0.29, 0.717) is 0 Å². The molecule has 0 aliphatic carbocycles. The number of rotatable bonds is 3. The minimum absolute atomic E-state index is 0.857. The first-order valence-electron chi connectivity index (χ1n) is 6.58. The van der Waals surface area contributed by atoms with Gasteiger partial charge in [0.05, 0.1) is 7.11 Å². The average molecular weight is 264 g/mol. The van der Waals surface area contributed by atoms with Gasteiger partial charge in [0.15, 0.2) is 0 Å². The van der Waals surface area contributed by atoms with Gasteiger partial charge in [-0.2, -0.15) is 0 Å². The van der Waals surface area contributed by atoms with Crippen LogP contribution in [-0.4, -0.2) is 7.11 Å². The molecule has 0 N–H and O–H groups in total. The molecule has 2 aromatic carbocycles. The third-order valence-corrected chi connectivity index (χ3v) is 3.29. The average Bonchev–Trinajstić information content (AvgIpc) is 2.90. The van der Waals surface area contributed by atoms with E-state index in [2.05, 4.69) is 30.3 Å². The lowest BCUT2D eigenvalue weighted by Crippen LogP contribution is -1.83. The first-order valence-corrected chi connectivity index (χ1v) is 6.58. The van der Waals surface area contributed by atoms with Crippen LogP contribution in [0.1, 0.15) is 5.76 Å². The molecule has 1 heterocycles. The van der Waals surface area contributed by atoms with Crippen LogP contribution in [0.2, 0.25) is 0 Å². The Balaban J connectivity index is 2.09. The topological polar surface area (TPSA) is 22.4 Å². The molecule has 0 spiro atoms. The highest BCUT2D eigenvalue weighted by atomic mass is 16.5. The van der Waals surface area contributed by atoms with Crippen LogP contribution in [0.4, 0.5) is 0 Å². The molecule has 0 aliphatic heterocycles. The number of furan rings is 1. The van der Waals surface area contributed by atoms with E-state index in [9.17, 15) is 0 Å². The molecule has 0 atom stereocenters. The van der Waals surface area contributed by atoms with E-state index in [1.807, 2.05) is 37.3 Å². The highest BCUT2D eigenvalue weighted by molar-refractivity contribution is 5.80. The molecule has 0 unspecified atom stereocenters. The predicted molar refractivity (Wildman–Crippen MR) is 80.9 cm³/mol. The van der Waals surface area contributed by atoms with Crippen LogP contribution in [0.5, 0.6) is 5.75 Å². The molecule has 3 rings (SSSR count). The standard InChI is InChI=1S/C18H16O2/c1-13-12-17(14-8-10-16(19-2)11-9-14)18(20-13)15-6-4-3-5-7-15/h3-12H,1-2H3. The second-order valence-corrected chi connectivity index (χ2v) is 4.69. The molecule has 1 aromatic heterocycles. The Morgan fingerprint density at radius 1 is 0.850 bits per heavy atom. The van der Waals surface area contributed by atoms with Gasteiger partial charge in [0.1, 0.15) is 17.3 Å². The Morgan fingerprint density at radius 3 is 2.20 bits per heavy atom. The lowest BCUT2D eigenvalue weighted by Gasteiger charge is -2.04. The number of ether oxygens (including phenoxy) is 1. The summed E-state index contributed by atoms with van der Waals surface area (Å²) in [6.07, 6.45) is 0. The van der Waals surface area contributed by atoms with Crippen LogP contribution in [0.15, 0.2) is 65.1 Å². The maximum Gasteiger partial charge on any atom is 0.142 e. The molecule has 0 saturated heterocycles. The van der Waals surface area contributed by atoms with Gasteiger partial charge in [-0.3, -0.25) is 0 Å². The molecule has 2 nitrogen and oxygen atoms in total. The molecule has 0 saturated carbocycles. The molecular weight excluding hydrogens is 248 g/mol. The second-order valence-electron chi connectivity index (χ2n) is 4.69. The van der Waals surface area contributed by atoms with Crippen LogP contribution < -0.4 is 4.74 Å². The van der Waals surface area contributed by atoms with E-state index in [1.165, 1.54) is 0 Å². The van der Waals surface area contributed by atoms with Gasteiger partial charge in [0, 0.05) is 11.1 Å². The number of methoxy groups -OCH3 is 1. The Hall–Kier alpha value is -2.48. The summed E-state index contributed by atoms with van der Waals surface area (Å²) < 4.78 is 11.1. The third kappa shape index (κ3) is 2.32. The lowest BCUT2D eigenvalue weighted by molar-refractivity contribution is 0.415. The van der Waals surface area contributed by atoms with Gasteiger partial charge < -0.3 is 9.15 Å². The Morgan fingerprint density at radius 2 is 1.55 bits per heavy atom. The zero-order valence-corrected chi connectivity index (χ0v) is 11.6. The fraction of sp³-hybridized carbons (Fsp3) is 0.111. The van der Waals surface area contributed by atoms with Crippen molar-refractivity contribution in [1.82, 2.24) is 0 Å². The minimum atomic E-state index is 0.857. The molecule has 0 amide bonds. The van der Waals surface area contributed by atoms with Crippen LogP contribution in [-0.2, 0) is 0 Å². The van der Waals surface area contributed by atoms with E-state index in [1.54, 1.807) is 7.11 Å². The Kier molecular flexibility index (Phi) is 3.30. The molecule has 0 bridgehead atoms. The maximum atomic E-state index is 5.88. The summed E-state index contributed by atoms with van der Waals surface area (Å²) in [6.45, 7) is 1.97. The van der Waals surface area contributed by atoms with E-state index in [4.69, 9.17) is 9.15 Å². The van der Waals surface area contributed by atoms with Crippen LogP contribution in [0.25, 0.3) is 22.5 Å². The summed E-state index contributed by atoms with van der Waals surface area (Å²) in [5, 5.41) is 0. The zero-order chi connectivity index (χ0) is 13.9. The van der Waals surface area contributed by atoms with Gasteiger partial charge in [-0.1, -0.05) is 42.5 Å². The van der Waals surface area contributed by atoms with Gasteiger partial charge >= 0.3 is 0 Å². The number of benzene rings is 2. The number of hydrogen-bond acceptors (Lipinski definition) is 2. The fourth-order valence-corrected chi connectivity index (χ4v) is 2.30. The molecule has 0 aliphatic rings. The van der Waals surface area contributed by atoms with Crippen molar-refractivity contribution < 1.29 is 9.15 Å². The summed E-state index contributed by atoms with van der Waals surface area (Å²) in [6, 6.07) is 20.3. The van der Waals surface area contributed by atoms with E-state index in [-0.39, 0.29) is 0 Å². The van der Waals surface area contributed by atoms with Gasteiger partial charge in [0.25, 0.3) is 0 Å². The van der Waals surface area contributed by atoms with Gasteiger partial charge in [-0.25, -0.2) is 0 Å². The normalized spacial score (nSPS) is 10.5. The second kappa shape index (κ2) is 5.25. The van der Waals surface area contributed by atoms with Crippen LogP contribution in [0, 0.1) is 6.92 Å². The Bertz CT molecular complexity index is 694. The van der Waals surface area contributed by atoms with Crippen molar-refractivity contribution in [2.75, 3.05) is 7.11 Å². The zero-order valence-electron chi connectivity index (χ0n) is 11.6. The number of hydrogen-bond donors (Lipinski definition) is 0. The summed E-state index contributed by atoms with van der Waals surface area (Å²) >= 11 is 0. The van der Waals surface area contributed by atoms with Crippen molar-refractivity contribution in [3.63, 3.8) is 0 Å². The molecule has 100 valence electrons. The molecule has 0 radical (unpaired) electrons. The summed E-state index contributed by atoms with van der Waals surface area (Å²) in [5.74, 6) is 2.68. The van der Waals surface area contributed by atoms with Crippen molar-refractivity contribution in [1.29, 1.82) is 0 Å².